The van der Waals surface area contributed by atoms with Crippen molar-refractivity contribution in [1.82, 2.24) is 0 Å². The molecule has 13 heavy (non-hydrogen) atoms. The van der Waals surface area contributed by atoms with E-state index in [-0.39, 0.29) is 36.5 Å². The van der Waals surface area contributed by atoms with E-state index in [0.717, 1.165) is 0 Å². The first-order chi connectivity index (χ1) is 5.70. The second kappa shape index (κ2) is 5.69. The molecular formula is C7H6NNaO4. The summed E-state index contributed by atoms with van der Waals surface area (Å²) in [5, 5.41) is 8.62. The quantitative estimate of drug-likeness (QED) is 0.312. The standard InChI is InChI=1S/C7H5NO4.Na.H/c9-7(12-8(10)11)6-4-2-1-3-5-6;;/h1-5H;;/q;+1;-1. The second-order valence-corrected chi connectivity index (χ2v) is 1.97. The van der Waals surface area contributed by atoms with E-state index in [0.29, 0.717) is 0 Å². The van der Waals surface area contributed by atoms with Crippen molar-refractivity contribution in [2.45, 2.75) is 0 Å². The monoisotopic (exact) mass is 191 g/mol. The van der Waals surface area contributed by atoms with Gasteiger partial charge < -0.3 is 1.43 Å². The molecule has 0 fully saturated rings. The summed E-state index contributed by atoms with van der Waals surface area (Å²) in [5.74, 6) is -0.958. The maximum absolute atomic E-state index is 10.8. The van der Waals surface area contributed by atoms with E-state index in [2.05, 4.69) is 4.84 Å². The number of benzene rings is 1. The Bertz CT molecular complexity index is 306. The first-order valence-corrected chi connectivity index (χ1v) is 3.12. The molecule has 6 heteroatoms. The normalized spacial score (nSPS) is 8.31. The van der Waals surface area contributed by atoms with Crippen LogP contribution in [0.3, 0.4) is 0 Å². The van der Waals surface area contributed by atoms with E-state index in [4.69, 9.17) is 0 Å². The molecule has 0 saturated heterocycles. The molecule has 1 aromatic carbocycles. The van der Waals surface area contributed by atoms with E-state index in [9.17, 15) is 14.9 Å². The maximum Gasteiger partial charge on any atom is 1.00 e. The smallest absolute Gasteiger partial charge is 1.00 e. The largest absolute Gasteiger partial charge is 1.00 e. The second-order valence-electron chi connectivity index (χ2n) is 1.97. The van der Waals surface area contributed by atoms with Crippen LogP contribution < -0.4 is 29.6 Å². The summed E-state index contributed by atoms with van der Waals surface area (Å²) >= 11 is 0. The van der Waals surface area contributed by atoms with Crippen LogP contribution in [0.1, 0.15) is 11.8 Å². The van der Waals surface area contributed by atoms with Crippen molar-refractivity contribution in [2.75, 3.05) is 0 Å². The predicted octanol–water partition coefficient (Wildman–Crippen LogP) is -1.85. The third-order valence-electron chi connectivity index (χ3n) is 1.17. The van der Waals surface area contributed by atoms with Crippen LogP contribution in [-0.4, -0.2) is 11.1 Å². The molecule has 0 radical (unpaired) electrons. The fourth-order valence-corrected chi connectivity index (χ4v) is 0.695. The molecule has 5 nitrogen and oxygen atoms in total. The van der Waals surface area contributed by atoms with Crippen molar-refractivity contribution >= 4 is 5.97 Å². The Labute approximate surface area is 97.6 Å². The third-order valence-corrected chi connectivity index (χ3v) is 1.17. The molecule has 0 heterocycles. The van der Waals surface area contributed by atoms with Crippen LogP contribution in [0, 0.1) is 10.1 Å². The van der Waals surface area contributed by atoms with Gasteiger partial charge in [-0.25, -0.2) is 4.84 Å². The van der Waals surface area contributed by atoms with Gasteiger partial charge in [-0.3, -0.25) is 4.79 Å². The summed E-state index contributed by atoms with van der Waals surface area (Å²) in [4.78, 5) is 24.3. The SMILES string of the molecule is O=C(O[N+](=O)[O-])c1ccccc1.[H-].[Na+]. The van der Waals surface area contributed by atoms with Crippen molar-refractivity contribution < 1.29 is 45.7 Å². The van der Waals surface area contributed by atoms with Crippen molar-refractivity contribution in [3.63, 3.8) is 0 Å². The van der Waals surface area contributed by atoms with Gasteiger partial charge in [0.05, 0.1) is 0 Å². The van der Waals surface area contributed by atoms with Gasteiger partial charge in [0, 0.05) is 5.56 Å². The van der Waals surface area contributed by atoms with Gasteiger partial charge in [0.25, 0.3) is 0 Å². The Morgan fingerprint density at radius 1 is 1.38 bits per heavy atom. The third kappa shape index (κ3) is 4.02. The molecule has 0 aliphatic carbocycles. The van der Waals surface area contributed by atoms with Crippen molar-refractivity contribution in [2.24, 2.45) is 0 Å². The van der Waals surface area contributed by atoms with E-state index in [1.165, 1.54) is 12.1 Å². The molecule has 1 aromatic rings. The predicted molar refractivity (Wildman–Crippen MR) is 40.0 cm³/mol. The molecule has 64 valence electrons. The van der Waals surface area contributed by atoms with Crippen LogP contribution in [0.5, 0.6) is 0 Å². The molecule has 0 spiro atoms. The van der Waals surface area contributed by atoms with Crippen LogP contribution in [0.25, 0.3) is 0 Å². The first kappa shape index (κ1) is 12.1. The molecule has 1 rings (SSSR count). The zero-order valence-electron chi connectivity index (χ0n) is 7.97. The Morgan fingerprint density at radius 3 is 2.38 bits per heavy atom. The average Bonchev–Trinajstić information content (AvgIpc) is 2.05. The molecule has 0 amide bonds. The Balaban J connectivity index is 0. The molecule has 0 atom stereocenters. The van der Waals surface area contributed by atoms with Gasteiger partial charge in [0.1, 0.15) is 0 Å². The zero-order valence-corrected chi connectivity index (χ0v) is 8.97. The van der Waals surface area contributed by atoms with Gasteiger partial charge in [0.15, 0.2) is 0 Å². The first-order valence-electron chi connectivity index (χ1n) is 3.12. The molecule has 0 aliphatic heterocycles. The fourth-order valence-electron chi connectivity index (χ4n) is 0.695. The minimum absolute atomic E-state index is 0. The van der Waals surface area contributed by atoms with Gasteiger partial charge in [-0.1, -0.05) is 18.2 Å². The van der Waals surface area contributed by atoms with Crippen molar-refractivity contribution in [3.05, 3.63) is 46.0 Å². The summed E-state index contributed by atoms with van der Waals surface area (Å²) in [6.45, 7) is 0. The number of rotatable bonds is 2. The number of carbonyl (C=O) groups excluding carboxylic acids is 1. The number of hydrogen-bond donors (Lipinski definition) is 0. The average molecular weight is 191 g/mol. The van der Waals surface area contributed by atoms with Crippen molar-refractivity contribution in [1.29, 1.82) is 0 Å². The van der Waals surface area contributed by atoms with Crippen LogP contribution >= 0.6 is 0 Å². The summed E-state index contributed by atoms with van der Waals surface area (Å²) < 4.78 is 0. The summed E-state index contributed by atoms with van der Waals surface area (Å²) in [6.07, 6.45) is 0. The van der Waals surface area contributed by atoms with E-state index in [1.54, 1.807) is 18.2 Å². The van der Waals surface area contributed by atoms with Gasteiger partial charge in [0.2, 0.25) is 0 Å². The van der Waals surface area contributed by atoms with E-state index < -0.39 is 11.1 Å². The number of nitrogens with zero attached hydrogens (tertiary/aromatic N) is 1. The van der Waals surface area contributed by atoms with Crippen LogP contribution in [0.4, 0.5) is 0 Å². The van der Waals surface area contributed by atoms with Crippen LogP contribution in [0.15, 0.2) is 30.3 Å². The zero-order chi connectivity index (χ0) is 8.97. The Kier molecular flexibility index (Phi) is 5.29. The van der Waals surface area contributed by atoms with Gasteiger partial charge in [-0.15, -0.1) is 10.1 Å². The molecule has 0 aliphatic rings. The Morgan fingerprint density at radius 2 is 1.92 bits per heavy atom. The van der Waals surface area contributed by atoms with Crippen LogP contribution in [-0.2, 0) is 4.84 Å². The maximum atomic E-state index is 10.8. The molecule has 0 N–H and O–H groups in total. The minimum atomic E-state index is -1.13. The number of carbonyl (C=O) groups is 1. The minimum Gasteiger partial charge on any atom is -1.00 e. The number of hydrogen-bond acceptors (Lipinski definition) is 4. The van der Waals surface area contributed by atoms with Gasteiger partial charge >= 0.3 is 40.6 Å². The molecule has 0 aromatic heterocycles. The van der Waals surface area contributed by atoms with Gasteiger partial charge in [-0.2, -0.15) is 0 Å². The summed E-state index contributed by atoms with van der Waals surface area (Å²) in [7, 11) is 0. The molecule has 0 bridgehead atoms. The molecule has 0 unspecified atom stereocenters. The molecular weight excluding hydrogens is 185 g/mol. The topological polar surface area (TPSA) is 69.4 Å². The summed E-state index contributed by atoms with van der Waals surface area (Å²) in [5.41, 5.74) is 0.161. The van der Waals surface area contributed by atoms with E-state index in [1.807, 2.05) is 0 Å². The summed E-state index contributed by atoms with van der Waals surface area (Å²) in [6, 6.07) is 7.76. The Hall–Kier alpha value is -0.910. The van der Waals surface area contributed by atoms with Crippen LogP contribution in [0.2, 0.25) is 0 Å². The van der Waals surface area contributed by atoms with E-state index >= 15 is 0 Å². The van der Waals surface area contributed by atoms with Crippen molar-refractivity contribution in [3.8, 4) is 0 Å². The molecule has 0 saturated carbocycles. The van der Waals surface area contributed by atoms with Gasteiger partial charge in [-0.05, 0) is 12.1 Å². The fraction of sp³-hybridized carbons (Fsp3) is 0.